The van der Waals surface area contributed by atoms with Gasteiger partial charge in [0.15, 0.2) is 0 Å². The van der Waals surface area contributed by atoms with Crippen molar-refractivity contribution in [2.45, 2.75) is 26.2 Å². The van der Waals surface area contributed by atoms with Gasteiger partial charge in [-0.05, 0) is 102 Å². The summed E-state index contributed by atoms with van der Waals surface area (Å²) in [6, 6.07) is 37.4. The van der Waals surface area contributed by atoms with E-state index in [9.17, 15) is 0 Å². The van der Waals surface area contributed by atoms with Gasteiger partial charge in [0.25, 0.3) is 0 Å². The van der Waals surface area contributed by atoms with Crippen LogP contribution in [-0.2, 0) is 5.41 Å². The molecule has 0 saturated heterocycles. The molecule has 0 N–H and O–H groups in total. The van der Waals surface area contributed by atoms with Crippen LogP contribution in [0.2, 0.25) is 0 Å². The Morgan fingerprint density at radius 1 is 0.360 bits per heavy atom. The van der Waals surface area contributed by atoms with E-state index in [1.54, 1.807) is 24.8 Å². The first-order valence-corrected chi connectivity index (χ1v) is 16.3. The minimum atomic E-state index is -0.113. The van der Waals surface area contributed by atoms with Gasteiger partial charge in [0.05, 0.1) is 45.6 Å². The molecule has 238 valence electrons. The summed E-state index contributed by atoms with van der Waals surface area (Å²) in [5, 5.41) is 0. The third-order valence-corrected chi connectivity index (χ3v) is 7.86. The van der Waals surface area contributed by atoms with Gasteiger partial charge in [-0.25, -0.2) is 9.97 Å². The molecule has 6 heterocycles. The molecule has 7 rings (SSSR count). The molecule has 0 unspecified atom stereocenters. The van der Waals surface area contributed by atoms with Gasteiger partial charge in [0.1, 0.15) is 0 Å². The lowest BCUT2D eigenvalue weighted by Crippen LogP contribution is -2.11. The van der Waals surface area contributed by atoms with Gasteiger partial charge in [0, 0.05) is 47.0 Å². The van der Waals surface area contributed by atoms with Gasteiger partial charge < -0.3 is 0 Å². The number of benzene rings is 1. The Kier molecular flexibility index (Phi) is 9.01. The predicted molar refractivity (Wildman–Crippen MR) is 198 cm³/mol. The molecule has 0 aliphatic rings. The molecule has 0 aliphatic carbocycles. The maximum absolute atomic E-state index is 4.87. The van der Waals surface area contributed by atoms with E-state index < -0.39 is 0 Å². The van der Waals surface area contributed by atoms with Gasteiger partial charge >= 0.3 is 0 Å². The van der Waals surface area contributed by atoms with Crippen LogP contribution in [0.5, 0.6) is 0 Å². The normalized spacial score (nSPS) is 10.8. The van der Waals surface area contributed by atoms with Crippen molar-refractivity contribution in [3.05, 3.63) is 168 Å². The minimum absolute atomic E-state index is 0.113. The zero-order valence-electron chi connectivity index (χ0n) is 28.0. The first kappa shape index (κ1) is 31.8. The number of pyridine rings is 6. The number of hydrogen-bond donors (Lipinski definition) is 0. The molecular weight excluding hydrogens is 613 g/mol. The summed E-state index contributed by atoms with van der Waals surface area (Å²) in [4.78, 5) is 27.8. The smallest absolute Gasteiger partial charge is 0.0906 e. The Hall–Kier alpha value is -6.76. The Morgan fingerprint density at radius 3 is 0.920 bits per heavy atom. The van der Waals surface area contributed by atoms with Gasteiger partial charge in [-0.3, -0.25) is 19.9 Å². The predicted octanol–water partition coefficient (Wildman–Crippen LogP) is 8.82. The summed E-state index contributed by atoms with van der Waals surface area (Å²) < 4.78 is 0. The first-order chi connectivity index (χ1) is 24.4. The Bertz CT molecular complexity index is 2120. The summed E-state index contributed by atoms with van der Waals surface area (Å²) in [5.41, 5.74) is 10.4. The summed E-state index contributed by atoms with van der Waals surface area (Å²) in [7, 11) is 0. The monoisotopic (exact) mass is 644 g/mol. The lowest BCUT2D eigenvalue weighted by atomic mass is 9.85. The molecule has 0 radical (unpaired) electrons. The second kappa shape index (κ2) is 14.2. The van der Waals surface area contributed by atoms with Crippen molar-refractivity contribution < 1.29 is 0 Å². The molecule has 1 aromatic carbocycles. The highest BCUT2D eigenvalue weighted by Gasteiger charge is 2.15. The number of nitrogens with zero attached hydrogens (tertiary/aromatic N) is 6. The Morgan fingerprint density at radius 2 is 0.660 bits per heavy atom. The fraction of sp³-hybridized carbons (Fsp3) is 0.0909. The summed E-state index contributed by atoms with van der Waals surface area (Å²) in [5.74, 6) is 13.6. The number of aromatic nitrogens is 6. The fourth-order valence-electron chi connectivity index (χ4n) is 5.28. The van der Waals surface area contributed by atoms with Crippen LogP contribution >= 0.6 is 0 Å². The van der Waals surface area contributed by atoms with Crippen molar-refractivity contribution in [3.63, 3.8) is 0 Å². The third-order valence-electron chi connectivity index (χ3n) is 7.86. The van der Waals surface area contributed by atoms with E-state index in [1.807, 2.05) is 103 Å². The second-order valence-electron chi connectivity index (χ2n) is 12.7. The zero-order chi connectivity index (χ0) is 34.3. The average Bonchev–Trinajstić information content (AvgIpc) is 3.17. The summed E-state index contributed by atoms with van der Waals surface area (Å²) in [6.45, 7) is 6.58. The molecule has 6 nitrogen and oxygen atoms in total. The van der Waals surface area contributed by atoms with Crippen LogP contribution in [0.15, 0.2) is 140 Å². The molecule has 0 spiro atoms. The highest BCUT2D eigenvalue weighted by molar-refractivity contribution is 5.67. The average molecular weight is 645 g/mol. The molecule has 7 aromatic rings. The van der Waals surface area contributed by atoms with E-state index in [-0.39, 0.29) is 5.41 Å². The molecule has 6 aromatic heterocycles. The van der Waals surface area contributed by atoms with Gasteiger partial charge in [-0.2, -0.15) is 0 Å². The van der Waals surface area contributed by atoms with E-state index in [4.69, 9.17) is 9.97 Å². The van der Waals surface area contributed by atoms with Gasteiger partial charge in [0.2, 0.25) is 0 Å². The van der Waals surface area contributed by atoms with Crippen LogP contribution < -0.4 is 0 Å². The maximum Gasteiger partial charge on any atom is 0.0906 e. The molecule has 0 amide bonds. The SMILES string of the molecule is CC(C)(C)c1cc(C#Cc2cc(-c3ccccn3)nc(-c3ccccn3)c2)cc(C#Cc2cc(-c3ccccn3)nc(-c3ccccn3)c2)c1. The third kappa shape index (κ3) is 7.68. The molecule has 6 heteroatoms. The van der Waals surface area contributed by atoms with Crippen molar-refractivity contribution in [2.24, 2.45) is 0 Å². The fourth-order valence-corrected chi connectivity index (χ4v) is 5.28. The Labute approximate surface area is 292 Å². The molecule has 0 aliphatic heterocycles. The van der Waals surface area contributed by atoms with Crippen molar-refractivity contribution in [2.75, 3.05) is 0 Å². The van der Waals surface area contributed by atoms with E-state index in [0.717, 1.165) is 73.4 Å². The largest absolute Gasteiger partial charge is 0.255 e. The quantitative estimate of drug-likeness (QED) is 0.178. The molecule has 0 saturated carbocycles. The van der Waals surface area contributed by atoms with Gasteiger partial charge in [-0.1, -0.05) is 68.7 Å². The van der Waals surface area contributed by atoms with Crippen LogP contribution in [-0.4, -0.2) is 29.9 Å². The highest BCUT2D eigenvalue weighted by Crippen LogP contribution is 2.26. The van der Waals surface area contributed by atoms with Gasteiger partial charge in [-0.15, -0.1) is 0 Å². The van der Waals surface area contributed by atoms with E-state index in [0.29, 0.717) is 0 Å². The summed E-state index contributed by atoms with van der Waals surface area (Å²) >= 11 is 0. The molecule has 0 atom stereocenters. The van der Waals surface area contributed by atoms with Crippen LogP contribution in [0.25, 0.3) is 45.6 Å². The van der Waals surface area contributed by atoms with E-state index in [1.165, 1.54) is 0 Å². The standard InChI is InChI=1S/C44H32N6/c1-44(2,3)35-25-31(16-18-33-27-40(36-12-4-8-20-45-36)49-41(28-33)37-13-5-9-21-46-37)24-32(26-35)17-19-34-29-42(38-14-6-10-22-47-38)50-43(30-34)39-15-7-11-23-48-39/h4-15,20-30H,1-3H3. The summed E-state index contributed by atoms with van der Waals surface area (Å²) in [6.07, 6.45) is 7.06. The van der Waals surface area contributed by atoms with E-state index in [2.05, 4.69) is 76.5 Å². The molecule has 0 bridgehead atoms. The Balaban J connectivity index is 1.29. The number of hydrogen-bond acceptors (Lipinski definition) is 6. The maximum atomic E-state index is 4.87. The molecule has 0 fully saturated rings. The van der Waals surface area contributed by atoms with Crippen LogP contribution in [0.4, 0.5) is 0 Å². The van der Waals surface area contributed by atoms with Crippen LogP contribution in [0.1, 0.15) is 48.6 Å². The van der Waals surface area contributed by atoms with Crippen molar-refractivity contribution in [1.82, 2.24) is 29.9 Å². The first-order valence-electron chi connectivity index (χ1n) is 16.3. The lowest BCUT2D eigenvalue weighted by molar-refractivity contribution is 0.590. The van der Waals surface area contributed by atoms with Crippen molar-refractivity contribution in [3.8, 4) is 69.2 Å². The second-order valence-corrected chi connectivity index (χ2v) is 12.7. The van der Waals surface area contributed by atoms with Crippen molar-refractivity contribution >= 4 is 0 Å². The van der Waals surface area contributed by atoms with Crippen LogP contribution in [0, 0.1) is 23.7 Å². The van der Waals surface area contributed by atoms with Crippen molar-refractivity contribution in [1.29, 1.82) is 0 Å². The molecule has 50 heavy (non-hydrogen) atoms. The van der Waals surface area contributed by atoms with E-state index >= 15 is 0 Å². The zero-order valence-corrected chi connectivity index (χ0v) is 28.0. The minimum Gasteiger partial charge on any atom is -0.255 e. The topological polar surface area (TPSA) is 77.3 Å². The molecular formula is C44H32N6. The lowest BCUT2D eigenvalue weighted by Gasteiger charge is -2.19. The van der Waals surface area contributed by atoms with Crippen LogP contribution in [0.3, 0.4) is 0 Å². The highest BCUT2D eigenvalue weighted by atomic mass is 14.8. The number of rotatable bonds is 4.